The summed E-state index contributed by atoms with van der Waals surface area (Å²) in [6, 6.07) is 12.0. The second-order valence-corrected chi connectivity index (χ2v) is 5.83. The van der Waals surface area contributed by atoms with Gasteiger partial charge in [-0.3, -0.25) is 0 Å². The van der Waals surface area contributed by atoms with Gasteiger partial charge in [-0.15, -0.1) is 0 Å². The van der Waals surface area contributed by atoms with Crippen LogP contribution in [0.3, 0.4) is 0 Å². The number of hydrogen-bond donors (Lipinski definition) is 0. The maximum atomic E-state index is 6.07. The van der Waals surface area contributed by atoms with Crippen LogP contribution in [0.5, 0.6) is 11.6 Å². The van der Waals surface area contributed by atoms with E-state index in [1.54, 1.807) is 0 Å². The average Bonchev–Trinajstić information content (AvgIpc) is 2.48. The molecule has 21 heavy (non-hydrogen) atoms. The summed E-state index contributed by atoms with van der Waals surface area (Å²) in [6.07, 6.45) is 2.13. The van der Waals surface area contributed by atoms with Crippen molar-refractivity contribution in [3.63, 3.8) is 0 Å². The van der Waals surface area contributed by atoms with E-state index >= 15 is 0 Å². The highest BCUT2D eigenvalue weighted by molar-refractivity contribution is 9.10. The van der Waals surface area contributed by atoms with Gasteiger partial charge in [-0.25, -0.2) is 9.97 Å². The molecule has 0 aliphatic rings. The second kappa shape index (κ2) is 6.00. The molecule has 1 heterocycles. The molecule has 2 aromatic carbocycles. The molecule has 3 aromatic rings. The van der Waals surface area contributed by atoms with Crippen LogP contribution in [0.15, 0.2) is 47.2 Å². The third kappa shape index (κ3) is 3.01. The summed E-state index contributed by atoms with van der Waals surface area (Å²) in [7, 11) is 0. The smallest absolute Gasteiger partial charge is 0.226 e. The number of fused-ring (bicyclic) bond motifs is 1. The molecule has 0 aliphatic carbocycles. The van der Waals surface area contributed by atoms with Crippen LogP contribution in [0, 0.1) is 0 Å². The summed E-state index contributed by atoms with van der Waals surface area (Å²) in [6.45, 7) is 2.00. The Hall–Kier alpha value is -1.65. The molecule has 0 saturated heterocycles. The first-order valence-electron chi connectivity index (χ1n) is 6.54. The van der Waals surface area contributed by atoms with Crippen molar-refractivity contribution in [2.24, 2.45) is 0 Å². The summed E-state index contributed by atoms with van der Waals surface area (Å²) in [5.41, 5.74) is 0.815. The first-order valence-corrected chi connectivity index (χ1v) is 7.71. The highest BCUT2D eigenvalue weighted by Crippen LogP contribution is 2.30. The molecule has 0 saturated carbocycles. The van der Waals surface area contributed by atoms with Crippen molar-refractivity contribution in [2.75, 3.05) is 0 Å². The standard InChI is InChI=1S/C16H12BrClN2O/c1-2-14-15(18)19-9-20-16(14)21-13-6-4-10-7-12(17)5-3-11(10)8-13/h3-9H,2H2,1H3. The van der Waals surface area contributed by atoms with E-state index in [0.717, 1.165) is 33.0 Å². The summed E-state index contributed by atoms with van der Waals surface area (Å²) in [5.74, 6) is 1.24. The molecular weight excluding hydrogens is 352 g/mol. The van der Waals surface area contributed by atoms with Crippen LogP contribution in [0.1, 0.15) is 12.5 Å². The highest BCUT2D eigenvalue weighted by Gasteiger charge is 2.10. The molecule has 0 bridgehead atoms. The Morgan fingerprint density at radius 1 is 1.10 bits per heavy atom. The van der Waals surface area contributed by atoms with Gasteiger partial charge < -0.3 is 4.74 Å². The van der Waals surface area contributed by atoms with Gasteiger partial charge in [-0.05, 0) is 41.5 Å². The van der Waals surface area contributed by atoms with Crippen molar-refractivity contribution < 1.29 is 4.74 Å². The number of hydrogen-bond acceptors (Lipinski definition) is 3. The van der Waals surface area contributed by atoms with E-state index in [-0.39, 0.29) is 0 Å². The summed E-state index contributed by atoms with van der Waals surface area (Å²) < 4.78 is 6.93. The van der Waals surface area contributed by atoms with Crippen LogP contribution >= 0.6 is 27.5 Å². The zero-order valence-electron chi connectivity index (χ0n) is 11.3. The molecule has 0 aliphatic heterocycles. The topological polar surface area (TPSA) is 35.0 Å². The predicted molar refractivity (Wildman–Crippen MR) is 88.1 cm³/mol. The van der Waals surface area contributed by atoms with Gasteiger partial charge >= 0.3 is 0 Å². The molecule has 5 heteroatoms. The summed E-state index contributed by atoms with van der Waals surface area (Å²) in [4.78, 5) is 8.16. The fourth-order valence-electron chi connectivity index (χ4n) is 2.13. The molecule has 106 valence electrons. The van der Waals surface area contributed by atoms with Gasteiger partial charge in [0.05, 0.1) is 5.56 Å². The van der Waals surface area contributed by atoms with E-state index in [2.05, 4.69) is 32.0 Å². The molecule has 3 rings (SSSR count). The fourth-order valence-corrected chi connectivity index (χ4v) is 2.77. The van der Waals surface area contributed by atoms with Crippen LogP contribution in [-0.2, 0) is 6.42 Å². The van der Waals surface area contributed by atoms with E-state index in [4.69, 9.17) is 16.3 Å². The number of aromatic nitrogens is 2. The van der Waals surface area contributed by atoms with Gasteiger partial charge in [0, 0.05) is 4.47 Å². The predicted octanol–water partition coefficient (Wildman–Crippen LogP) is 5.40. The maximum absolute atomic E-state index is 6.07. The van der Waals surface area contributed by atoms with Gasteiger partial charge in [0.1, 0.15) is 17.2 Å². The number of ether oxygens (including phenoxy) is 1. The molecule has 0 spiro atoms. The minimum Gasteiger partial charge on any atom is -0.439 e. The minimum absolute atomic E-state index is 0.437. The lowest BCUT2D eigenvalue weighted by Crippen LogP contribution is -1.96. The van der Waals surface area contributed by atoms with Crippen molar-refractivity contribution in [3.05, 3.63) is 57.9 Å². The van der Waals surface area contributed by atoms with E-state index in [0.29, 0.717) is 11.0 Å². The van der Waals surface area contributed by atoms with Crippen LogP contribution in [0.4, 0.5) is 0 Å². The lowest BCUT2D eigenvalue weighted by molar-refractivity contribution is 0.456. The molecule has 0 unspecified atom stereocenters. The van der Waals surface area contributed by atoms with E-state index in [9.17, 15) is 0 Å². The Kier molecular flexibility index (Phi) is 4.08. The van der Waals surface area contributed by atoms with Gasteiger partial charge in [-0.1, -0.05) is 46.6 Å². The minimum atomic E-state index is 0.437. The Labute approximate surface area is 136 Å². The van der Waals surface area contributed by atoms with E-state index in [1.807, 2.05) is 37.3 Å². The Bertz CT molecular complexity index is 807. The number of nitrogens with zero attached hydrogens (tertiary/aromatic N) is 2. The third-order valence-electron chi connectivity index (χ3n) is 3.20. The van der Waals surface area contributed by atoms with Crippen LogP contribution in [0.25, 0.3) is 10.8 Å². The molecule has 0 amide bonds. The molecule has 3 nitrogen and oxygen atoms in total. The van der Waals surface area contributed by atoms with Gasteiger partial charge in [0.15, 0.2) is 0 Å². The highest BCUT2D eigenvalue weighted by atomic mass is 79.9. The van der Waals surface area contributed by atoms with Crippen LogP contribution in [0.2, 0.25) is 5.15 Å². The first kappa shape index (κ1) is 14.3. The quantitative estimate of drug-likeness (QED) is 0.584. The molecule has 0 fully saturated rings. The normalized spacial score (nSPS) is 10.8. The molecule has 0 radical (unpaired) electrons. The lowest BCUT2D eigenvalue weighted by Gasteiger charge is -2.10. The van der Waals surface area contributed by atoms with Crippen molar-refractivity contribution in [1.29, 1.82) is 0 Å². The van der Waals surface area contributed by atoms with Crippen LogP contribution < -0.4 is 4.74 Å². The monoisotopic (exact) mass is 362 g/mol. The largest absolute Gasteiger partial charge is 0.439 e. The number of benzene rings is 2. The summed E-state index contributed by atoms with van der Waals surface area (Å²) in [5, 5.41) is 2.69. The van der Waals surface area contributed by atoms with E-state index in [1.165, 1.54) is 6.33 Å². The Balaban J connectivity index is 1.98. The third-order valence-corrected chi connectivity index (χ3v) is 4.01. The van der Waals surface area contributed by atoms with E-state index < -0.39 is 0 Å². The molecule has 0 atom stereocenters. The van der Waals surface area contributed by atoms with Crippen molar-refractivity contribution in [2.45, 2.75) is 13.3 Å². The van der Waals surface area contributed by atoms with Crippen molar-refractivity contribution in [1.82, 2.24) is 9.97 Å². The maximum Gasteiger partial charge on any atom is 0.226 e. The Morgan fingerprint density at radius 3 is 2.67 bits per heavy atom. The SMILES string of the molecule is CCc1c(Cl)ncnc1Oc1ccc2cc(Br)ccc2c1. The average molecular weight is 364 g/mol. The van der Waals surface area contributed by atoms with Crippen LogP contribution in [-0.4, -0.2) is 9.97 Å². The summed E-state index contributed by atoms with van der Waals surface area (Å²) >= 11 is 9.54. The van der Waals surface area contributed by atoms with Gasteiger partial charge in [0.2, 0.25) is 5.88 Å². The molecular formula is C16H12BrClN2O. The Morgan fingerprint density at radius 2 is 1.86 bits per heavy atom. The van der Waals surface area contributed by atoms with Crippen molar-refractivity contribution in [3.8, 4) is 11.6 Å². The molecule has 1 aromatic heterocycles. The number of halogens is 2. The fraction of sp³-hybridized carbons (Fsp3) is 0.125. The molecule has 0 N–H and O–H groups in total. The van der Waals surface area contributed by atoms with Gasteiger partial charge in [0.25, 0.3) is 0 Å². The second-order valence-electron chi connectivity index (χ2n) is 4.56. The first-order chi connectivity index (χ1) is 10.2. The number of rotatable bonds is 3. The van der Waals surface area contributed by atoms with Gasteiger partial charge in [-0.2, -0.15) is 0 Å². The van der Waals surface area contributed by atoms with Crippen molar-refractivity contribution >= 4 is 38.3 Å². The lowest BCUT2D eigenvalue weighted by atomic mass is 10.1. The zero-order valence-corrected chi connectivity index (χ0v) is 13.6. The zero-order chi connectivity index (χ0) is 14.8.